The van der Waals surface area contributed by atoms with Gasteiger partial charge in [-0.15, -0.1) is 0 Å². The van der Waals surface area contributed by atoms with Crippen molar-refractivity contribution in [3.63, 3.8) is 0 Å². The molecular weight excluding hydrogens is 370 g/mol. The van der Waals surface area contributed by atoms with E-state index in [1.807, 2.05) is 0 Å². The number of sulfonamides is 1. The molecule has 2 aromatic carbocycles. The molecule has 24 heavy (non-hydrogen) atoms. The smallest absolute Gasteiger partial charge is 0.240 e. The van der Waals surface area contributed by atoms with Crippen LogP contribution in [0.15, 0.2) is 47.0 Å². The number of para-hydroxylation sites is 1. The van der Waals surface area contributed by atoms with Crippen molar-refractivity contribution < 1.29 is 12.9 Å². The number of benzene rings is 2. The minimum Gasteiger partial charge on any atom is -0.356 e. The van der Waals surface area contributed by atoms with Gasteiger partial charge >= 0.3 is 0 Å². The van der Waals surface area contributed by atoms with Gasteiger partial charge in [0.05, 0.1) is 10.2 Å². The molecule has 4 rings (SSSR count). The highest BCUT2D eigenvalue weighted by Gasteiger charge is 2.19. The van der Waals surface area contributed by atoms with Crippen molar-refractivity contribution in [1.29, 1.82) is 0 Å². The molecule has 9 heteroatoms. The lowest BCUT2D eigenvalue weighted by Crippen LogP contribution is -2.15. The summed E-state index contributed by atoms with van der Waals surface area (Å²) < 4.78 is 33.2. The molecule has 0 aliphatic carbocycles. The van der Waals surface area contributed by atoms with Crippen LogP contribution < -0.4 is 4.72 Å². The Bertz CT molecular complexity index is 1150. The molecule has 122 valence electrons. The van der Waals surface area contributed by atoms with Gasteiger partial charge in [0.15, 0.2) is 10.7 Å². The van der Waals surface area contributed by atoms with Gasteiger partial charge in [0.2, 0.25) is 10.0 Å². The van der Waals surface area contributed by atoms with Gasteiger partial charge < -0.3 is 4.52 Å². The van der Waals surface area contributed by atoms with Crippen LogP contribution in [0.5, 0.6) is 0 Å². The zero-order valence-electron chi connectivity index (χ0n) is 12.1. The summed E-state index contributed by atoms with van der Waals surface area (Å²) in [4.78, 5) is 4.26. The molecule has 6 nitrogen and oxygen atoms in total. The van der Waals surface area contributed by atoms with Crippen molar-refractivity contribution in [3.8, 4) is 0 Å². The minimum absolute atomic E-state index is 0.291. The van der Waals surface area contributed by atoms with Crippen molar-refractivity contribution in [3.05, 3.63) is 53.2 Å². The Morgan fingerprint density at radius 3 is 2.92 bits per heavy atom. The normalized spacial score (nSPS) is 12.0. The predicted octanol–water partition coefficient (Wildman–Crippen LogP) is 4.03. The molecule has 0 aliphatic heterocycles. The van der Waals surface area contributed by atoms with Crippen molar-refractivity contribution in [2.24, 2.45) is 0 Å². The number of rotatable bonds is 4. The first kappa shape index (κ1) is 15.4. The fourth-order valence-electron chi connectivity index (χ4n) is 2.33. The highest BCUT2D eigenvalue weighted by atomic mass is 35.5. The molecule has 0 saturated carbocycles. The van der Waals surface area contributed by atoms with Gasteiger partial charge in [-0.2, -0.15) is 0 Å². The number of nitrogens with one attached hydrogen (secondary N) is 1. The molecule has 0 fully saturated rings. The Morgan fingerprint density at radius 1 is 1.21 bits per heavy atom. The first-order valence-electron chi connectivity index (χ1n) is 6.90. The Morgan fingerprint density at radius 2 is 2.04 bits per heavy atom. The maximum atomic E-state index is 12.4. The molecule has 4 aromatic rings. The lowest BCUT2D eigenvalue weighted by Gasteiger charge is -2.02. The second kappa shape index (κ2) is 5.73. The van der Waals surface area contributed by atoms with Crippen LogP contribution in [0.3, 0.4) is 0 Å². The average molecular weight is 380 g/mol. The number of anilines is 1. The van der Waals surface area contributed by atoms with Crippen LogP contribution in [0.25, 0.3) is 21.2 Å². The summed E-state index contributed by atoms with van der Waals surface area (Å²) in [6, 6.07) is 12.3. The summed E-state index contributed by atoms with van der Waals surface area (Å²) >= 11 is 7.16. The lowest BCUT2D eigenvalue weighted by molar-refractivity contribution is 0.448. The average Bonchev–Trinajstić information content (AvgIpc) is 3.10. The van der Waals surface area contributed by atoms with E-state index < -0.39 is 10.0 Å². The molecule has 0 aliphatic rings. The number of hydrogen-bond acceptors (Lipinski definition) is 6. The van der Waals surface area contributed by atoms with E-state index in [1.54, 1.807) is 42.5 Å². The molecule has 0 radical (unpaired) electrons. The fourth-order valence-corrected chi connectivity index (χ4v) is 4.83. The highest BCUT2D eigenvalue weighted by Crippen LogP contribution is 2.29. The lowest BCUT2D eigenvalue weighted by atomic mass is 10.2. The monoisotopic (exact) mass is 379 g/mol. The van der Waals surface area contributed by atoms with E-state index in [2.05, 4.69) is 14.9 Å². The first-order chi connectivity index (χ1) is 11.5. The van der Waals surface area contributed by atoms with Crippen LogP contribution in [0.1, 0.15) is 5.69 Å². The second-order valence-corrected chi connectivity index (χ2v) is 8.31. The molecule has 0 atom stereocenters. The summed E-state index contributed by atoms with van der Waals surface area (Å²) in [6.07, 6.45) is 0. The van der Waals surface area contributed by atoms with E-state index in [0.717, 1.165) is 4.70 Å². The minimum atomic E-state index is -3.66. The first-order valence-corrected chi connectivity index (χ1v) is 9.75. The molecular formula is C15H10ClN3O3S2. The molecule has 1 N–H and O–H groups in total. The number of hydrogen-bond donors (Lipinski definition) is 1. The predicted molar refractivity (Wildman–Crippen MR) is 94.9 cm³/mol. The van der Waals surface area contributed by atoms with Crippen LogP contribution in [0.4, 0.5) is 5.13 Å². The van der Waals surface area contributed by atoms with E-state index >= 15 is 0 Å². The molecule has 0 amide bonds. The Hall–Kier alpha value is -2.16. The Balaban J connectivity index is 1.62. The number of fused-ring (bicyclic) bond motifs is 2. The van der Waals surface area contributed by atoms with E-state index in [9.17, 15) is 8.42 Å². The number of halogens is 1. The third-order valence-corrected chi connectivity index (χ3v) is 5.83. The SMILES string of the molecule is O=S(=O)(Cc1noc2ccccc12)Nc1nc2ccc(Cl)cc2s1. The van der Waals surface area contributed by atoms with Gasteiger partial charge in [0.25, 0.3) is 0 Å². The third kappa shape index (κ3) is 2.95. The van der Waals surface area contributed by atoms with Gasteiger partial charge in [0, 0.05) is 10.4 Å². The van der Waals surface area contributed by atoms with Crippen molar-refractivity contribution in [1.82, 2.24) is 10.1 Å². The van der Waals surface area contributed by atoms with E-state index in [0.29, 0.717) is 32.3 Å². The maximum Gasteiger partial charge on any atom is 0.240 e. The standard InChI is InChI=1S/C15H10ClN3O3S2/c16-9-5-6-11-14(7-9)23-15(17-11)19-24(20,21)8-12-10-3-1-2-4-13(10)22-18-12/h1-7H,8H2,(H,17,19). The molecule has 0 unspecified atom stereocenters. The van der Waals surface area contributed by atoms with Gasteiger partial charge in [-0.3, -0.25) is 4.72 Å². The molecule has 0 spiro atoms. The van der Waals surface area contributed by atoms with Crippen LogP contribution >= 0.6 is 22.9 Å². The molecule has 0 bridgehead atoms. The zero-order valence-corrected chi connectivity index (χ0v) is 14.5. The zero-order chi connectivity index (χ0) is 16.7. The molecule has 2 aromatic heterocycles. The molecule has 2 heterocycles. The number of nitrogens with zero attached hydrogens (tertiary/aromatic N) is 2. The number of aromatic nitrogens is 2. The van der Waals surface area contributed by atoms with Crippen molar-refractivity contribution >= 4 is 59.3 Å². The quantitative estimate of drug-likeness (QED) is 0.578. The van der Waals surface area contributed by atoms with Crippen molar-refractivity contribution in [2.75, 3.05) is 4.72 Å². The number of thiazole rings is 1. The Labute approximate surface area is 146 Å². The van der Waals surface area contributed by atoms with Gasteiger partial charge in [-0.05, 0) is 30.3 Å². The van der Waals surface area contributed by atoms with Crippen LogP contribution in [0, 0.1) is 0 Å². The van der Waals surface area contributed by atoms with E-state index in [-0.39, 0.29) is 5.75 Å². The summed E-state index contributed by atoms with van der Waals surface area (Å²) in [5.74, 6) is -0.291. The van der Waals surface area contributed by atoms with Gasteiger partial charge in [-0.1, -0.05) is 40.2 Å². The largest absolute Gasteiger partial charge is 0.356 e. The summed E-state index contributed by atoms with van der Waals surface area (Å²) in [5, 5.41) is 5.40. The van der Waals surface area contributed by atoms with Crippen LogP contribution in [0.2, 0.25) is 5.02 Å². The van der Waals surface area contributed by atoms with E-state index in [4.69, 9.17) is 16.1 Å². The highest BCUT2D eigenvalue weighted by molar-refractivity contribution is 7.92. The van der Waals surface area contributed by atoms with Crippen LogP contribution in [-0.2, 0) is 15.8 Å². The summed E-state index contributed by atoms with van der Waals surface area (Å²) in [7, 11) is -3.66. The Kier molecular flexibility index (Phi) is 3.67. The summed E-state index contributed by atoms with van der Waals surface area (Å²) in [5.41, 5.74) is 1.61. The van der Waals surface area contributed by atoms with E-state index in [1.165, 1.54) is 11.3 Å². The van der Waals surface area contributed by atoms with Gasteiger partial charge in [0.1, 0.15) is 11.4 Å². The summed E-state index contributed by atoms with van der Waals surface area (Å²) in [6.45, 7) is 0. The van der Waals surface area contributed by atoms with Crippen LogP contribution in [-0.4, -0.2) is 18.6 Å². The second-order valence-electron chi connectivity index (χ2n) is 5.12. The fraction of sp³-hybridized carbons (Fsp3) is 0.0667. The molecule has 0 saturated heterocycles. The van der Waals surface area contributed by atoms with Crippen molar-refractivity contribution in [2.45, 2.75) is 5.75 Å². The van der Waals surface area contributed by atoms with Gasteiger partial charge in [-0.25, -0.2) is 13.4 Å². The maximum absolute atomic E-state index is 12.4. The topological polar surface area (TPSA) is 85.1 Å². The third-order valence-electron chi connectivity index (χ3n) is 3.37.